The molecule has 3 rings (SSSR count). The molecule has 0 saturated carbocycles. The number of hydrogen-bond acceptors (Lipinski definition) is 4. The minimum Gasteiger partial charge on any atom is -0.313 e. The average molecular weight is 290 g/mol. The Morgan fingerprint density at radius 1 is 1.42 bits per heavy atom. The molecule has 0 bridgehead atoms. The van der Waals surface area contributed by atoms with E-state index in [4.69, 9.17) is 0 Å². The molecular weight excluding hydrogens is 272 g/mol. The van der Waals surface area contributed by atoms with Gasteiger partial charge in [-0.25, -0.2) is 0 Å². The highest BCUT2D eigenvalue weighted by atomic mass is 32.2. The van der Waals surface area contributed by atoms with E-state index in [1.807, 2.05) is 23.5 Å². The van der Waals surface area contributed by atoms with Gasteiger partial charge in [0.15, 0.2) is 0 Å². The first kappa shape index (κ1) is 13.2. The summed E-state index contributed by atoms with van der Waals surface area (Å²) in [5.74, 6) is 1.80. The highest BCUT2D eigenvalue weighted by molar-refractivity contribution is 7.99. The van der Waals surface area contributed by atoms with Crippen LogP contribution in [0.15, 0.2) is 40.9 Å². The van der Waals surface area contributed by atoms with Crippen LogP contribution in [-0.2, 0) is 6.42 Å². The van der Waals surface area contributed by atoms with Crippen molar-refractivity contribution in [2.45, 2.75) is 30.2 Å². The summed E-state index contributed by atoms with van der Waals surface area (Å²) in [4.78, 5) is 7.03. The van der Waals surface area contributed by atoms with Crippen LogP contribution in [0.5, 0.6) is 0 Å². The van der Waals surface area contributed by atoms with Gasteiger partial charge in [-0.2, -0.15) is 0 Å². The standard InChI is InChI=1S/C15H18N2S2/c1-2-17-14(7-11-8-16-10-19-11)13-9-18-15-6-4-3-5-12(13)15/h3-6,8,10,13-14,17H,2,7,9H2,1H3. The zero-order chi connectivity index (χ0) is 13.1. The maximum Gasteiger partial charge on any atom is 0.0794 e. The molecule has 0 saturated heterocycles. The van der Waals surface area contributed by atoms with E-state index in [0.717, 1.165) is 13.0 Å². The van der Waals surface area contributed by atoms with Gasteiger partial charge >= 0.3 is 0 Å². The van der Waals surface area contributed by atoms with Crippen LogP contribution in [0.4, 0.5) is 0 Å². The zero-order valence-corrected chi connectivity index (χ0v) is 12.6. The van der Waals surface area contributed by atoms with Crippen molar-refractivity contribution < 1.29 is 0 Å². The number of thioether (sulfide) groups is 1. The number of thiazole rings is 1. The third-order valence-electron chi connectivity index (χ3n) is 3.59. The predicted octanol–water partition coefficient (Wildman–Crippen LogP) is 3.55. The summed E-state index contributed by atoms with van der Waals surface area (Å²) in [7, 11) is 0. The Kier molecular flexibility index (Phi) is 4.21. The second-order valence-corrected chi connectivity index (χ2v) is 6.82. The molecule has 2 unspecified atom stereocenters. The largest absolute Gasteiger partial charge is 0.313 e. The molecule has 100 valence electrons. The highest BCUT2D eigenvalue weighted by Gasteiger charge is 2.29. The first-order chi connectivity index (χ1) is 9.38. The van der Waals surface area contributed by atoms with E-state index in [1.54, 1.807) is 11.3 Å². The van der Waals surface area contributed by atoms with Crippen molar-refractivity contribution in [2.75, 3.05) is 12.3 Å². The Hall–Kier alpha value is -0.840. The molecule has 4 heteroatoms. The quantitative estimate of drug-likeness (QED) is 0.911. The fourth-order valence-corrected chi connectivity index (χ4v) is 4.69. The maximum absolute atomic E-state index is 4.19. The summed E-state index contributed by atoms with van der Waals surface area (Å²) in [6.07, 6.45) is 3.08. The predicted molar refractivity (Wildman–Crippen MR) is 83.2 cm³/mol. The summed E-state index contributed by atoms with van der Waals surface area (Å²) in [6, 6.07) is 9.35. The minimum absolute atomic E-state index is 0.515. The van der Waals surface area contributed by atoms with Crippen LogP contribution in [-0.4, -0.2) is 23.3 Å². The SMILES string of the molecule is CCNC(Cc1cncs1)C1CSc2ccccc21. The van der Waals surface area contributed by atoms with E-state index in [2.05, 4.69) is 41.5 Å². The van der Waals surface area contributed by atoms with Gasteiger partial charge in [-0.15, -0.1) is 23.1 Å². The lowest BCUT2D eigenvalue weighted by Crippen LogP contribution is -2.36. The number of fused-ring (bicyclic) bond motifs is 1. The molecule has 0 spiro atoms. The summed E-state index contributed by atoms with van der Waals surface area (Å²) in [5.41, 5.74) is 3.44. The number of rotatable bonds is 5. The molecule has 1 aromatic carbocycles. The number of benzene rings is 1. The summed E-state index contributed by atoms with van der Waals surface area (Å²) >= 11 is 3.75. The van der Waals surface area contributed by atoms with Crippen molar-refractivity contribution in [3.05, 3.63) is 46.4 Å². The van der Waals surface area contributed by atoms with Crippen LogP contribution in [0.1, 0.15) is 23.3 Å². The summed E-state index contributed by atoms with van der Waals surface area (Å²) < 4.78 is 0. The van der Waals surface area contributed by atoms with Gasteiger partial charge in [0.2, 0.25) is 0 Å². The number of nitrogens with zero attached hydrogens (tertiary/aromatic N) is 1. The van der Waals surface area contributed by atoms with Crippen molar-refractivity contribution in [3.63, 3.8) is 0 Å². The molecule has 0 fully saturated rings. The highest BCUT2D eigenvalue weighted by Crippen LogP contribution is 2.41. The van der Waals surface area contributed by atoms with Crippen LogP contribution in [0.3, 0.4) is 0 Å². The van der Waals surface area contributed by atoms with Gasteiger partial charge in [0.1, 0.15) is 0 Å². The molecule has 19 heavy (non-hydrogen) atoms. The van der Waals surface area contributed by atoms with E-state index < -0.39 is 0 Å². The lowest BCUT2D eigenvalue weighted by atomic mass is 9.91. The second-order valence-electron chi connectivity index (χ2n) is 4.79. The average Bonchev–Trinajstić information content (AvgIpc) is 3.07. The summed E-state index contributed by atoms with van der Waals surface area (Å²) in [6.45, 7) is 3.21. The Morgan fingerprint density at radius 2 is 2.32 bits per heavy atom. The van der Waals surface area contributed by atoms with Crippen LogP contribution in [0, 0.1) is 0 Å². The summed E-state index contributed by atoms with van der Waals surface area (Å²) in [5, 5.41) is 3.67. The van der Waals surface area contributed by atoms with E-state index in [9.17, 15) is 0 Å². The molecule has 2 atom stereocenters. The third-order valence-corrected chi connectivity index (χ3v) is 5.60. The Balaban J connectivity index is 1.81. The van der Waals surface area contributed by atoms with Gasteiger partial charge in [-0.05, 0) is 24.6 Å². The number of hydrogen-bond donors (Lipinski definition) is 1. The van der Waals surface area contributed by atoms with Crippen LogP contribution < -0.4 is 5.32 Å². The Morgan fingerprint density at radius 3 is 3.11 bits per heavy atom. The van der Waals surface area contributed by atoms with Gasteiger partial charge < -0.3 is 5.32 Å². The smallest absolute Gasteiger partial charge is 0.0794 e. The van der Waals surface area contributed by atoms with Crippen LogP contribution in [0.25, 0.3) is 0 Å². The monoisotopic (exact) mass is 290 g/mol. The molecule has 1 N–H and O–H groups in total. The topological polar surface area (TPSA) is 24.9 Å². The molecule has 1 aromatic heterocycles. The number of likely N-dealkylation sites (N-methyl/N-ethyl adjacent to an activating group) is 1. The molecule has 1 aliphatic rings. The fraction of sp³-hybridized carbons (Fsp3) is 0.400. The fourth-order valence-electron chi connectivity index (χ4n) is 2.70. The van der Waals surface area contributed by atoms with Crippen LogP contribution >= 0.6 is 23.1 Å². The molecule has 2 nitrogen and oxygen atoms in total. The molecule has 0 aliphatic carbocycles. The van der Waals surface area contributed by atoms with Gasteiger partial charge in [0.25, 0.3) is 0 Å². The molecule has 1 aliphatic heterocycles. The Labute approximate surface area is 122 Å². The van der Waals surface area contributed by atoms with Crippen molar-refractivity contribution >= 4 is 23.1 Å². The van der Waals surface area contributed by atoms with Gasteiger partial charge in [-0.3, -0.25) is 4.98 Å². The number of aromatic nitrogens is 1. The van der Waals surface area contributed by atoms with Gasteiger partial charge in [0.05, 0.1) is 5.51 Å². The van der Waals surface area contributed by atoms with Crippen molar-refractivity contribution in [2.24, 2.45) is 0 Å². The van der Waals surface area contributed by atoms with Crippen LogP contribution in [0.2, 0.25) is 0 Å². The second kappa shape index (κ2) is 6.07. The van der Waals surface area contributed by atoms with Gasteiger partial charge in [0, 0.05) is 33.7 Å². The van der Waals surface area contributed by atoms with E-state index in [0.29, 0.717) is 12.0 Å². The van der Waals surface area contributed by atoms with Crippen molar-refractivity contribution in [1.29, 1.82) is 0 Å². The third kappa shape index (κ3) is 2.86. The molecule has 2 aromatic rings. The Bertz CT molecular complexity index is 525. The molecule has 2 heterocycles. The van der Waals surface area contributed by atoms with Crippen molar-refractivity contribution in [3.8, 4) is 0 Å². The first-order valence-corrected chi connectivity index (χ1v) is 8.57. The first-order valence-electron chi connectivity index (χ1n) is 6.71. The van der Waals surface area contributed by atoms with E-state index in [1.165, 1.54) is 21.1 Å². The van der Waals surface area contributed by atoms with Crippen molar-refractivity contribution in [1.82, 2.24) is 10.3 Å². The number of nitrogens with one attached hydrogen (secondary N) is 1. The zero-order valence-electron chi connectivity index (χ0n) is 11.0. The minimum atomic E-state index is 0.515. The molecule has 0 amide bonds. The lowest BCUT2D eigenvalue weighted by molar-refractivity contribution is 0.465. The molecular formula is C15H18N2S2. The van der Waals surface area contributed by atoms with Gasteiger partial charge in [-0.1, -0.05) is 25.1 Å². The maximum atomic E-state index is 4.19. The molecule has 0 radical (unpaired) electrons. The lowest BCUT2D eigenvalue weighted by Gasteiger charge is -2.24. The van der Waals surface area contributed by atoms with E-state index in [-0.39, 0.29) is 0 Å². The van der Waals surface area contributed by atoms with E-state index >= 15 is 0 Å². The normalized spacial score (nSPS) is 19.3.